The van der Waals surface area contributed by atoms with E-state index in [1.807, 2.05) is 0 Å². The SMILES string of the molecule is CCC1(CC)C(=O)C=CC(=O)C2(CCCCC2)C(=O)C=CC(=O)C(CC)(CC)C(=O)C=CC(=O)C2(CCCCC2)C(=O)C=CC1=O. The van der Waals surface area contributed by atoms with Crippen LogP contribution in [0.5, 0.6) is 0 Å². The summed E-state index contributed by atoms with van der Waals surface area (Å²) >= 11 is 0. The molecule has 0 heterocycles. The summed E-state index contributed by atoms with van der Waals surface area (Å²) in [4.78, 5) is 109. The first kappa shape index (κ1) is 36.8. The van der Waals surface area contributed by atoms with Crippen molar-refractivity contribution in [1.82, 2.24) is 0 Å². The van der Waals surface area contributed by atoms with Gasteiger partial charge < -0.3 is 0 Å². The first-order chi connectivity index (χ1) is 21.9. The molecule has 3 aliphatic carbocycles. The molecule has 0 atom stereocenters. The Balaban J connectivity index is 2.20. The third-order valence-electron chi connectivity index (χ3n) is 11.1. The average Bonchev–Trinajstić information content (AvgIpc) is 3.08. The van der Waals surface area contributed by atoms with E-state index >= 15 is 0 Å². The molecule has 0 N–H and O–H groups in total. The molecule has 46 heavy (non-hydrogen) atoms. The van der Waals surface area contributed by atoms with Crippen LogP contribution < -0.4 is 0 Å². The van der Waals surface area contributed by atoms with Crippen LogP contribution in [0.25, 0.3) is 0 Å². The molecule has 0 aromatic rings. The zero-order chi connectivity index (χ0) is 34.2. The van der Waals surface area contributed by atoms with Gasteiger partial charge in [0, 0.05) is 0 Å². The second kappa shape index (κ2) is 15.3. The van der Waals surface area contributed by atoms with Gasteiger partial charge in [0.2, 0.25) is 0 Å². The summed E-state index contributed by atoms with van der Waals surface area (Å²) < 4.78 is 0. The van der Waals surface area contributed by atoms with Crippen molar-refractivity contribution in [3.8, 4) is 0 Å². The van der Waals surface area contributed by atoms with Crippen molar-refractivity contribution in [3.63, 3.8) is 0 Å². The third-order valence-corrected chi connectivity index (χ3v) is 11.1. The van der Waals surface area contributed by atoms with Crippen LogP contribution in [0.15, 0.2) is 48.6 Å². The quantitative estimate of drug-likeness (QED) is 0.330. The maximum Gasteiger partial charge on any atom is 0.169 e. The van der Waals surface area contributed by atoms with Gasteiger partial charge in [-0.3, -0.25) is 38.4 Å². The van der Waals surface area contributed by atoms with Gasteiger partial charge in [0.05, 0.1) is 21.7 Å². The fourth-order valence-electron chi connectivity index (χ4n) is 7.56. The molecule has 8 nitrogen and oxygen atoms in total. The van der Waals surface area contributed by atoms with Crippen molar-refractivity contribution in [3.05, 3.63) is 48.6 Å². The van der Waals surface area contributed by atoms with Crippen molar-refractivity contribution >= 4 is 46.3 Å². The lowest BCUT2D eigenvalue weighted by Crippen LogP contribution is -2.42. The molecule has 0 radical (unpaired) electrons. The fraction of sp³-hybridized carbons (Fsp3) is 0.579. The second-order valence-electron chi connectivity index (χ2n) is 13.1. The zero-order valence-corrected chi connectivity index (χ0v) is 27.8. The van der Waals surface area contributed by atoms with E-state index in [0.29, 0.717) is 25.7 Å². The first-order valence-electron chi connectivity index (χ1n) is 16.9. The number of carbonyl (C=O) groups is 8. The summed E-state index contributed by atoms with van der Waals surface area (Å²) in [6.07, 6.45) is 14.1. The lowest BCUT2D eigenvalue weighted by atomic mass is 9.66. The molecule has 0 aliphatic heterocycles. The van der Waals surface area contributed by atoms with Crippen LogP contribution in [-0.2, 0) is 38.4 Å². The van der Waals surface area contributed by atoms with Crippen LogP contribution in [-0.4, -0.2) is 46.3 Å². The Labute approximate surface area is 272 Å². The predicted molar refractivity (Wildman–Crippen MR) is 174 cm³/mol. The highest BCUT2D eigenvalue weighted by atomic mass is 16.2. The molecular weight excluding hydrogens is 584 g/mol. The molecular formula is C38H48O8. The monoisotopic (exact) mass is 632 g/mol. The summed E-state index contributed by atoms with van der Waals surface area (Å²) in [6, 6.07) is 0. The van der Waals surface area contributed by atoms with E-state index in [-0.39, 0.29) is 51.4 Å². The molecule has 2 saturated carbocycles. The number of hydrogen-bond donors (Lipinski definition) is 0. The Bertz CT molecular complexity index is 1190. The van der Waals surface area contributed by atoms with Gasteiger partial charge in [-0.1, -0.05) is 66.2 Å². The van der Waals surface area contributed by atoms with Crippen molar-refractivity contribution in [2.75, 3.05) is 0 Å². The number of hydrogen-bond acceptors (Lipinski definition) is 8. The first-order valence-corrected chi connectivity index (χ1v) is 16.9. The Kier molecular flexibility index (Phi) is 12.2. The smallest absolute Gasteiger partial charge is 0.169 e. The highest BCUT2D eigenvalue weighted by Gasteiger charge is 2.47. The maximum atomic E-state index is 13.7. The molecule has 2 fully saturated rings. The Morgan fingerprint density at radius 2 is 0.543 bits per heavy atom. The van der Waals surface area contributed by atoms with Crippen molar-refractivity contribution < 1.29 is 38.4 Å². The van der Waals surface area contributed by atoms with E-state index < -0.39 is 67.9 Å². The van der Waals surface area contributed by atoms with E-state index in [2.05, 4.69) is 0 Å². The van der Waals surface area contributed by atoms with Gasteiger partial charge >= 0.3 is 0 Å². The molecule has 3 rings (SSSR count). The predicted octanol–water partition coefficient (Wildman–Crippen LogP) is 6.29. The van der Waals surface area contributed by atoms with Crippen LogP contribution >= 0.6 is 0 Å². The minimum atomic E-state index is -1.54. The van der Waals surface area contributed by atoms with Gasteiger partial charge in [-0.15, -0.1) is 0 Å². The van der Waals surface area contributed by atoms with Crippen molar-refractivity contribution in [2.24, 2.45) is 21.7 Å². The minimum Gasteiger partial charge on any atom is -0.294 e. The van der Waals surface area contributed by atoms with Gasteiger partial charge in [0.1, 0.15) is 0 Å². The Hall–Kier alpha value is -3.68. The van der Waals surface area contributed by atoms with Crippen LogP contribution in [0.4, 0.5) is 0 Å². The largest absolute Gasteiger partial charge is 0.294 e. The molecule has 0 saturated heterocycles. The average molecular weight is 633 g/mol. The number of carbonyl (C=O) groups excluding carboxylic acids is 8. The van der Waals surface area contributed by atoms with Gasteiger partial charge in [0.25, 0.3) is 0 Å². The zero-order valence-electron chi connectivity index (χ0n) is 27.8. The van der Waals surface area contributed by atoms with Crippen LogP contribution in [0.1, 0.15) is 118 Å². The molecule has 0 amide bonds. The maximum absolute atomic E-state index is 13.7. The van der Waals surface area contributed by atoms with Crippen molar-refractivity contribution in [2.45, 2.75) is 118 Å². The van der Waals surface area contributed by atoms with Crippen molar-refractivity contribution in [1.29, 1.82) is 0 Å². The lowest BCUT2D eigenvalue weighted by molar-refractivity contribution is -0.139. The number of rotatable bonds is 4. The fourth-order valence-corrected chi connectivity index (χ4v) is 7.56. The number of ketones is 8. The third kappa shape index (κ3) is 6.72. The molecule has 0 aromatic heterocycles. The summed E-state index contributed by atoms with van der Waals surface area (Å²) in [5.74, 6) is -4.68. The van der Waals surface area contributed by atoms with E-state index in [0.717, 1.165) is 61.4 Å². The van der Waals surface area contributed by atoms with Crippen LogP contribution in [0.3, 0.4) is 0 Å². The molecule has 0 bridgehead atoms. The standard InChI is InChI=1S/C38H48O8/c1-5-35(6-2)27(39)15-19-31(43)37(23-11-9-12-24-37)33(45)21-17-29(41)36(7-3,8-4)30(42)18-22-34(46)38(25-13-10-14-26-38)32(44)20-16-28(35)40/h15-22H,5-14,23-26H2,1-4H3. The van der Waals surface area contributed by atoms with Gasteiger partial charge in [0.15, 0.2) is 46.3 Å². The normalized spacial score (nSPS) is 24.3. The Morgan fingerprint density at radius 3 is 0.739 bits per heavy atom. The highest BCUT2D eigenvalue weighted by Crippen LogP contribution is 2.41. The molecule has 3 aliphatic rings. The van der Waals surface area contributed by atoms with E-state index in [4.69, 9.17) is 0 Å². The van der Waals surface area contributed by atoms with E-state index in [1.54, 1.807) is 27.7 Å². The number of allylic oxidation sites excluding steroid dienone is 8. The highest BCUT2D eigenvalue weighted by molar-refractivity contribution is 6.24. The molecule has 0 aromatic carbocycles. The lowest BCUT2D eigenvalue weighted by Gasteiger charge is -2.33. The minimum absolute atomic E-state index is 0.110. The molecule has 2 spiro atoms. The molecule has 0 unspecified atom stereocenters. The summed E-state index contributed by atoms with van der Waals surface area (Å²) in [5.41, 5.74) is -6.00. The summed E-state index contributed by atoms with van der Waals surface area (Å²) in [5, 5.41) is 0. The van der Waals surface area contributed by atoms with E-state index in [9.17, 15) is 38.4 Å². The van der Waals surface area contributed by atoms with E-state index in [1.165, 1.54) is 0 Å². The van der Waals surface area contributed by atoms with Gasteiger partial charge in [-0.2, -0.15) is 0 Å². The summed E-state index contributed by atoms with van der Waals surface area (Å²) in [6.45, 7) is 6.71. The summed E-state index contributed by atoms with van der Waals surface area (Å²) in [7, 11) is 0. The van der Waals surface area contributed by atoms with Gasteiger partial charge in [-0.25, -0.2) is 0 Å². The molecule has 248 valence electrons. The topological polar surface area (TPSA) is 137 Å². The van der Waals surface area contributed by atoms with Crippen LogP contribution in [0.2, 0.25) is 0 Å². The van der Waals surface area contributed by atoms with Crippen LogP contribution in [0, 0.1) is 21.7 Å². The Morgan fingerprint density at radius 1 is 0.348 bits per heavy atom. The second-order valence-corrected chi connectivity index (χ2v) is 13.1. The molecule has 8 heteroatoms. The van der Waals surface area contributed by atoms with Gasteiger partial charge in [-0.05, 0) is 100.0 Å².